The summed E-state index contributed by atoms with van der Waals surface area (Å²) in [6.45, 7) is 6.42. The van der Waals surface area contributed by atoms with Crippen molar-refractivity contribution in [2.45, 2.75) is 13.3 Å². The lowest BCUT2D eigenvalue weighted by Gasteiger charge is -2.28. The first kappa shape index (κ1) is 13.8. The second-order valence-electron chi connectivity index (χ2n) is 4.50. The Bertz CT molecular complexity index is 525. The van der Waals surface area contributed by atoms with Crippen LogP contribution in [0.4, 0.5) is 0 Å². The molecule has 0 spiro atoms. The molecule has 0 aromatic heterocycles. The van der Waals surface area contributed by atoms with Crippen molar-refractivity contribution in [2.75, 3.05) is 13.1 Å². The Morgan fingerprint density at radius 1 is 1.16 bits per heavy atom. The van der Waals surface area contributed by atoms with Gasteiger partial charge in [0.25, 0.3) is 11.8 Å². The molecule has 1 aromatic carbocycles. The minimum Gasteiger partial charge on any atom is -0.268 e. The molecule has 1 fully saturated rings. The summed E-state index contributed by atoms with van der Waals surface area (Å²) in [5.41, 5.74) is 1.01. The number of carbonyl (C=O) groups excluding carboxylic acids is 2. The van der Waals surface area contributed by atoms with E-state index in [0.717, 1.165) is 10.9 Å². The lowest BCUT2D eigenvalue weighted by Crippen LogP contribution is -2.45. The highest BCUT2D eigenvalue weighted by Gasteiger charge is 2.31. The molecule has 0 bridgehead atoms. The zero-order valence-corrected chi connectivity index (χ0v) is 12.3. The van der Waals surface area contributed by atoms with Crippen molar-refractivity contribution >= 4 is 27.7 Å². The predicted octanol–water partition coefficient (Wildman–Crippen LogP) is 2.61. The number of hydrazine groups is 1. The van der Waals surface area contributed by atoms with E-state index in [1.807, 2.05) is 12.1 Å². The van der Waals surface area contributed by atoms with Gasteiger partial charge in [0.2, 0.25) is 0 Å². The number of hydrogen-bond donors (Lipinski definition) is 0. The molecule has 100 valence electrons. The van der Waals surface area contributed by atoms with E-state index in [-0.39, 0.29) is 11.8 Å². The van der Waals surface area contributed by atoms with Crippen molar-refractivity contribution < 1.29 is 9.59 Å². The number of carbonyl (C=O) groups is 2. The van der Waals surface area contributed by atoms with Gasteiger partial charge in [0.1, 0.15) is 0 Å². The van der Waals surface area contributed by atoms with Gasteiger partial charge in [0, 0.05) is 28.7 Å². The third kappa shape index (κ3) is 2.87. The molecule has 1 aromatic rings. The molecule has 0 aliphatic carbocycles. The molecule has 0 unspecified atom stereocenters. The average Bonchev–Trinajstić information content (AvgIpc) is 2.86. The van der Waals surface area contributed by atoms with E-state index in [4.69, 9.17) is 0 Å². The number of hydrogen-bond acceptors (Lipinski definition) is 2. The molecule has 0 atom stereocenters. The van der Waals surface area contributed by atoms with E-state index in [0.29, 0.717) is 24.2 Å². The molecule has 1 aliphatic rings. The summed E-state index contributed by atoms with van der Waals surface area (Å²) < 4.78 is 0.917. The summed E-state index contributed by atoms with van der Waals surface area (Å²) in [7, 11) is 0. The Morgan fingerprint density at radius 3 is 2.32 bits per heavy atom. The van der Waals surface area contributed by atoms with Gasteiger partial charge in [0.05, 0.1) is 0 Å². The van der Waals surface area contributed by atoms with E-state index in [9.17, 15) is 9.59 Å². The van der Waals surface area contributed by atoms with Crippen LogP contribution in [-0.2, 0) is 4.79 Å². The lowest BCUT2D eigenvalue weighted by atomic mass is 10.2. The molecule has 19 heavy (non-hydrogen) atoms. The van der Waals surface area contributed by atoms with Crippen LogP contribution in [-0.4, -0.2) is 34.9 Å². The standard InChI is InChI=1S/C14H15BrN2O2/c1-10(2)13(18)16-8-3-9-17(16)14(19)11-4-6-12(15)7-5-11/h4-7H,1,3,8-9H2,2H3. The molecule has 4 nitrogen and oxygen atoms in total. The van der Waals surface area contributed by atoms with Gasteiger partial charge >= 0.3 is 0 Å². The second-order valence-corrected chi connectivity index (χ2v) is 5.41. The summed E-state index contributed by atoms with van der Waals surface area (Å²) in [5.74, 6) is -0.345. The number of benzene rings is 1. The maximum atomic E-state index is 12.4. The third-order valence-corrected chi connectivity index (χ3v) is 3.49. The Morgan fingerprint density at radius 2 is 1.74 bits per heavy atom. The molecule has 1 heterocycles. The minimum atomic E-state index is -0.192. The van der Waals surface area contributed by atoms with Crippen molar-refractivity contribution in [3.63, 3.8) is 0 Å². The van der Waals surface area contributed by atoms with Crippen LogP contribution in [0.15, 0.2) is 40.9 Å². The van der Waals surface area contributed by atoms with Crippen LogP contribution in [0.2, 0.25) is 0 Å². The fourth-order valence-electron chi connectivity index (χ4n) is 2.00. The monoisotopic (exact) mass is 322 g/mol. The SMILES string of the molecule is C=C(C)C(=O)N1CCCN1C(=O)c1ccc(Br)cc1. The first-order valence-electron chi connectivity index (χ1n) is 6.05. The zero-order valence-electron chi connectivity index (χ0n) is 10.7. The van der Waals surface area contributed by atoms with Gasteiger partial charge in [0.15, 0.2) is 0 Å². The first-order chi connectivity index (χ1) is 9.00. The Kier molecular flexibility index (Phi) is 4.04. The number of rotatable bonds is 2. The van der Waals surface area contributed by atoms with Gasteiger partial charge in [-0.1, -0.05) is 22.5 Å². The van der Waals surface area contributed by atoms with Crippen molar-refractivity contribution in [2.24, 2.45) is 0 Å². The number of nitrogens with zero attached hydrogens (tertiary/aromatic N) is 2. The number of halogens is 1. The third-order valence-electron chi connectivity index (χ3n) is 2.96. The minimum absolute atomic E-state index is 0.153. The fourth-order valence-corrected chi connectivity index (χ4v) is 2.26. The van der Waals surface area contributed by atoms with E-state index < -0.39 is 0 Å². The highest BCUT2D eigenvalue weighted by molar-refractivity contribution is 9.10. The van der Waals surface area contributed by atoms with E-state index in [1.165, 1.54) is 10.0 Å². The van der Waals surface area contributed by atoms with Gasteiger partial charge in [-0.15, -0.1) is 0 Å². The highest BCUT2D eigenvalue weighted by Crippen LogP contribution is 2.18. The summed E-state index contributed by atoms with van der Waals surface area (Å²) in [4.78, 5) is 24.4. The van der Waals surface area contributed by atoms with Gasteiger partial charge in [-0.2, -0.15) is 0 Å². The molecule has 0 saturated carbocycles. The van der Waals surface area contributed by atoms with Crippen molar-refractivity contribution in [1.29, 1.82) is 0 Å². The molecule has 2 amide bonds. The second kappa shape index (κ2) is 5.57. The van der Waals surface area contributed by atoms with Crippen LogP contribution in [0.5, 0.6) is 0 Å². The molecular weight excluding hydrogens is 308 g/mol. The smallest absolute Gasteiger partial charge is 0.268 e. The van der Waals surface area contributed by atoms with Crippen molar-refractivity contribution in [3.8, 4) is 0 Å². The van der Waals surface area contributed by atoms with Crippen LogP contribution in [0.3, 0.4) is 0 Å². The molecule has 5 heteroatoms. The number of amides is 2. The molecule has 0 radical (unpaired) electrons. The normalized spacial score (nSPS) is 14.6. The topological polar surface area (TPSA) is 40.6 Å². The van der Waals surface area contributed by atoms with Gasteiger partial charge in [-0.3, -0.25) is 9.59 Å². The lowest BCUT2D eigenvalue weighted by molar-refractivity contribution is -0.136. The Hall–Kier alpha value is -1.62. The summed E-state index contributed by atoms with van der Waals surface area (Å²) in [6, 6.07) is 7.12. The van der Waals surface area contributed by atoms with E-state index >= 15 is 0 Å². The van der Waals surface area contributed by atoms with Gasteiger partial charge in [-0.25, -0.2) is 10.0 Å². The zero-order chi connectivity index (χ0) is 14.0. The summed E-state index contributed by atoms with van der Waals surface area (Å²) in [6.07, 6.45) is 0.793. The van der Waals surface area contributed by atoms with Gasteiger partial charge in [-0.05, 0) is 37.6 Å². The van der Waals surface area contributed by atoms with Crippen LogP contribution < -0.4 is 0 Å². The van der Waals surface area contributed by atoms with Gasteiger partial charge < -0.3 is 0 Å². The molecule has 0 N–H and O–H groups in total. The summed E-state index contributed by atoms with van der Waals surface area (Å²) >= 11 is 3.33. The highest BCUT2D eigenvalue weighted by atomic mass is 79.9. The largest absolute Gasteiger partial charge is 0.272 e. The Balaban J connectivity index is 2.20. The van der Waals surface area contributed by atoms with Crippen LogP contribution in [0.1, 0.15) is 23.7 Å². The van der Waals surface area contributed by atoms with Crippen molar-refractivity contribution in [1.82, 2.24) is 10.0 Å². The maximum Gasteiger partial charge on any atom is 0.272 e. The van der Waals surface area contributed by atoms with Crippen molar-refractivity contribution in [3.05, 3.63) is 46.5 Å². The molecular formula is C14H15BrN2O2. The summed E-state index contributed by atoms with van der Waals surface area (Å²) in [5, 5.41) is 2.98. The quantitative estimate of drug-likeness (QED) is 0.785. The maximum absolute atomic E-state index is 12.4. The predicted molar refractivity (Wildman–Crippen MR) is 76.3 cm³/mol. The van der Waals surface area contributed by atoms with Crippen LogP contribution in [0.25, 0.3) is 0 Å². The van der Waals surface area contributed by atoms with Crippen LogP contribution >= 0.6 is 15.9 Å². The average molecular weight is 323 g/mol. The molecule has 2 rings (SSSR count). The first-order valence-corrected chi connectivity index (χ1v) is 6.84. The fraction of sp³-hybridized carbons (Fsp3) is 0.286. The van der Waals surface area contributed by atoms with E-state index in [2.05, 4.69) is 22.5 Å². The Labute approximate surface area is 120 Å². The molecule has 1 aliphatic heterocycles. The van der Waals surface area contributed by atoms with Crippen LogP contribution in [0, 0.1) is 0 Å². The van der Waals surface area contributed by atoms with E-state index in [1.54, 1.807) is 19.1 Å². The molecule has 1 saturated heterocycles.